The lowest BCUT2D eigenvalue weighted by Gasteiger charge is -2.23. The lowest BCUT2D eigenvalue weighted by molar-refractivity contribution is -0.122. The van der Waals surface area contributed by atoms with Crippen LogP contribution in [0.25, 0.3) is 10.8 Å². The Kier molecular flexibility index (Phi) is 4.94. The van der Waals surface area contributed by atoms with Gasteiger partial charge in [0, 0.05) is 18.0 Å². The van der Waals surface area contributed by atoms with Crippen molar-refractivity contribution in [1.82, 2.24) is 20.0 Å². The fourth-order valence-corrected chi connectivity index (χ4v) is 3.28. The standard InChI is InChI=1S/C18H24N4O2/c1-13(21-9-5-6-10-21)11-19-17(23)12-22-18(24)16-8-4-3-7-15(16)14(2)20-22/h3-4,7-8,13H,5-6,9-12H2,1-2H3,(H,19,23)/t13-/m1/s1. The molecule has 0 aliphatic carbocycles. The van der Waals surface area contributed by atoms with Crippen LogP contribution in [-0.4, -0.2) is 46.3 Å². The minimum absolute atomic E-state index is 0.0444. The highest BCUT2D eigenvalue weighted by molar-refractivity contribution is 5.83. The van der Waals surface area contributed by atoms with Crippen LogP contribution >= 0.6 is 0 Å². The first kappa shape index (κ1) is 16.6. The predicted molar refractivity (Wildman–Crippen MR) is 94.0 cm³/mol. The van der Waals surface area contributed by atoms with Crippen molar-refractivity contribution >= 4 is 16.7 Å². The van der Waals surface area contributed by atoms with Gasteiger partial charge in [-0.2, -0.15) is 5.10 Å². The molecule has 1 aromatic carbocycles. The molecule has 6 nitrogen and oxygen atoms in total. The Balaban J connectivity index is 1.67. The van der Waals surface area contributed by atoms with Crippen molar-refractivity contribution < 1.29 is 4.79 Å². The van der Waals surface area contributed by atoms with Crippen LogP contribution in [0.5, 0.6) is 0 Å². The van der Waals surface area contributed by atoms with Gasteiger partial charge in [0.1, 0.15) is 6.54 Å². The van der Waals surface area contributed by atoms with E-state index in [-0.39, 0.29) is 18.0 Å². The normalized spacial score (nSPS) is 16.4. The van der Waals surface area contributed by atoms with Crippen molar-refractivity contribution in [2.75, 3.05) is 19.6 Å². The molecule has 6 heteroatoms. The summed E-state index contributed by atoms with van der Waals surface area (Å²) in [6, 6.07) is 7.68. The Morgan fingerprint density at radius 2 is 1.92 bits per heavy atom. The van der Waals surface area contributed by atoms with E-state index in [4.69, 9.17) is 0 Å². The van der Waals surface area contributed by atoms with Crippen LogP contribution in [-0.2, 0) is 11.3 Å². The number of likely N-dealkylation sites (tertiary alicyclic amines) is 1. The minimum Gasteiger partial charge on any atom is -0.353 e. The Bertz CT molecular complexity index is 793. The largest absolute Gasteiger partial charge is 0.353 e. The molecule has 1 amide bonds. The zero-order valence-corrected chi connectivity index (χ0v) is 14.3. The first-order valence-corrected chi connectivity index (χ1v) is 8.53. The Morgan fingerprint density at radius 3 is 2.62 bits per heavy atom. The lowest BCUT2D eigenvalue weighted by Crippen LogP contribution is -2.42. The molecule has 1 aromatic heterocycles. The maximum atomic E-state index is 12.5. The molecule has 1 aliphatic rings. The van der Waals surface area contributed by atoms with Crippen LogP contribution in [0.2, 0.25) is 0 Å². The van der Waals surface area contributed by atoms with Crippen LogP contribution in [0.3, 0.4) is 0 Å². The quantitative estimate of drug-likeness (QED) is 0.898. The van der Waals surface area contributed by atoms with Gasteiger partial charge in [0.15, 0.2) is 0 Å². The molecule has 1 aliphatic heterocycles. The number of nitrogens with zero attached hydrogens (tertiary/aromatic N) is 3. The molecule has 0 radical (unpaired) electrons. The number of hydrogen-bond acceptors (Lipinski definition) is 4. The second kappa shape index (κ2) is 7.13. The first-order chi connectivity index (χ1) is 11.6. The van der Waals surface area contributed by atoms with Crippen LogP contribution in [0.15, 0.2) is 29.1 Å². The zero-order valence-electron chi connectivity index (χ0n) is 14.3. The van der Waals surface area contributed by atoms with Gasteiger partial charge in [-0.15, -0.1) is 0 Å². The van der Waals surface area contributed by atoms with Crippen molar-refractivity contribution in [3.63, 3.8) is 0 Å². The maximum Gasteiger partial charge on any atom is 0.275 e. The number of nitrogens with one attached hydrogen (secondary N) is 1. The number of hydrogen-bond donors (Lipinski definition) is 1. The molecule has 0 unspecified atom stereocenters. The average molecular weight is 328 g/mol. The molecular formula is C18H24N4O2. The highest BCUT2D eigenvalue weighted by Crippen LogP contribution is 2.12. The van der Waals surface area contributed by atoms with E-state index in [0.29, 0.717) is 18.0 Å². The van der Waals surface area contributed by atoms with Gasteiger partial charge in [0.25, 0.3) is 5.56 Å². The summed E-state index contributed by atoms with van der Waals surface area (Å²) in [6.07, 6.45) is 2.46. The van der Waals surface area contributed by atoms with Crippen LogP contribution in [0.4, 0.5) is 0 Å². The number of amides is 1. The van der Waals surface area contributed by atoms with E-state index >= 15 is 0 Å². The van der Waals surface area contributed by atoms with Gasteiger partial charge in [-0.3, -0.25) is 14.5 Å². The average Bonchev–Trinajstić information content (AvgIpc) is 3.12. The van der Waals surface area contributed by atoms with Gasteiger partial charge in [-0.05, 0) is 45.8 Å². The van der Waals surface area contributed by atoms with Crippen LogP contribution < -0.4 is 10.9 Å². The second-order valence-corrected chi connectivity index (χ2v) is 6.49. The van der Waals surface area contributed by atoms with Gasteiger partial charge in [-0.1, -0.05) is 18.2 Å². The number of aryl methyl sites for hydroxylation is 1. The van der Waals surface area contributed by atoms with Crippen molar-refractivity contribution in [2.45, 2.75) is 39.3 Å². The Morgan fingerprint density at radius 1 is 1.25 bits per heavy atom. The number of carbonyl (C=O) groups excluding carboxylic acids is 1. The molecule has 2 aromatic rings. The molecule has 1 N–H and O–H groups in total. The number of benzene rings is 1. The molecule has 0 spiro atoms. The molecule has 0 saturated carbocycles. The van der Waals surface area contributed by atoms with Crippen molar-refractivity contribution in [3.8, 4) is 0 Å². The summed E-state index contributed by atoms with van der Waals surface area (Å²) in [6.45, 7) is 6.73. The van der Waals surface area contributed by atoms with E-state index in [1.807, 2.05) is 25.1 Å². The Labute approximate surface area is 141 Å². The summed E-state index contributed by atoms with van der Waals surface area (Å²) in [5, 5.41) is 8.64. The van der Waals surface area contributed by atoms with E-state index in [2.05, 4.69) is 22.2 Å². The molecule has 128 valence electrons. The molecule has 1 fully saturated rings. The van der Waals surface area contributed by atoms with E-state index in [1.165, 1.54) is 17.5 Å². The molecule has 2 heterocycles. The van der Waals surface area contributed by atoms with E-state index in [0.717, 1.165) is 24.2 Å². The predicted octanol–water partition coefficient (Wildman–Crippen LogP) is 1.31. The smallest absolute Gasteiger partial charge is 0.275 e. The fraction of sp³-hybridized carbons (Fsp3) is 0.500. The van der Waals surface area contributed by atoms with Crippen molar-refractivity contribution in [2.24, 2.45) is 0 Å². The topological polar surface area (TPSA) is 67.2 Å². The van der Waals surface area contributed by atoms with Crippen LogP contribution in [0, 0.1) is 6.92 Å². The van der Waals surface area contributed by atoms with Gasteiger partial charge in [0.05, 0.1) is 11.1 Å². The third-order valence-corrected chi connectivity index (χ3v) is 4.70. The van der Waals surface area contributed by atoms with E-state index in [1.54, 1.807) is 6.07 Å². The van der Waals surface area contributed by atoms with Gasteiger partial charge < -0.3 is 5.32 Å². The van der Waals surface area contributed by atoms with Crippen molar-refractivity contribution in [1.29, 1.82) is 0 Å². The number of fused-ring (bicyclic) bond motifs is 1. The summed E-state index contributed by atoms with van der Waals surface area (Å²) in [5.74, 6) is -0.176. The number of aromatic nitrogens is 2. The fourth-order valence-electron chi connectivity index (χ4n) is 3.28. The third kappa shape index (κ3) is 3.48. The van der Waals surface area contributed by atoms with Gasteiger partial charge in [-0.25, -0.2) is 4.68 Å². The van der Waals surface area contributed by atoms with Gasteiger partial charge in [0.2, 0.25) is 5.91 Å². The zero-order chi connectivity index (χ0) is 17.1. The van der Waals surface area contributed by atoms with Crippen LogP contribution in [0.1, 0.15) is 25.5 Å². The van der Waals surface area contributed by atoms with E-state index in [9.17, 15) is 9.59 Å². The first-order valence-electron chi connectivity index (χ1n) is 8.53. The maximum absolute atomic E-state index is 12.5. The molecule has 3 rings (SSSR count). The molecule has 1 saturated heterocycles. The highest BCUT2D eigenvalue weighted by Gasteiger charge is 2.18. The molecule has 0 bridgehead atoms. The summed E-state index contributed by atoms with van der Waals surface area (Å²) in [7, 11) is 0. The molecule has 24 heavy (non-hydrogen) atoms. The highest BCUT2D eigenvalue weighted by atomic mass is 16.2. The number of rotatable bonds is 5. The van der Waals surface area contributed by atoms with Gasteiger partial charge >= 0.3 is 0 Å². The number of carbonyl (C=O) groups is 1. The summed E-state index contributed by atoms with van der Waals surface area (Å²) in [4.78, 5) is 27.1. The van der Waals surface area contributed by atoms with Crippen molar-refractivity contribution in [3.05, 3.63) is 40.3 Å². The Hall–Kier alpha value is -2.21. The molecule has 1 atom stereocenters. The summed E-state index contributed by atoms with van der Waals surface area (Å²) < 4.78 is 1.26. The summed E-state index contributed by atoms with van der Waals surface area (Å²) in [5.41, 5.74) is 0.530. The SMILES string of the molecule is Cc1nn(CC(=O)NC[C@@H](C)N2CCCC2)c(=O)c2ccccc12. The summed E-state index contributed by atoms with van der Waals surface area (Å²) >= 11 is 0. The third-order valence-electron chi connectivity index (χ3n) is 4.70. The second-order valence-electron chi connectivity index (χ2n) is 6.49. The minimum atomic E-state index is -0.223. The lowest BCUT2D eigenvalue weighted by atomic mass is 10.1. The van der Waals surface area contributed by atoms with E-state index < -0.39 is 0 Å². The monoisotopic (exact) mass is 328 g/mol. The molecular weight excluding hydrogens is 304 g/mol.